The lowest BCUT2D eigenvalue weighted by Gasteiger charge is -2.01. The van der Waals surface area contributed by atoms with Crippen LogP contribution in [0.2, 0.25) is 0 Å². The quantitative estimate of drug-likeness (QED) is 0.679. The largest absolute Gasteiger partial charge is 0.261 e. The van der Waals surface area contributed by atoms with Gasteiger partial charge in [-0.15, -0.1) is 0 Å². The fourth-order valence-corrected chi connectivity index (χ4v) is 1.26. The highest BCUT2D eigenvalue weighted by Gasteiger charge is 1.98. The molecule has 0 fully saturated rings. The van der Waals surface area contributed by atoms with Crippen molar-refractivity contribution in [2.75, 3.05) is 0 Å². The minimum atomic E-state index is 1.01. The Morgan fingerprint density at radius 1 is 1.60 bits per heavy atom. The van der Waals surface area contributed by atoms with E-state index in [4.69, 9.17) is 0 Å². The average molecular weight is 200 g/mol. The molecule has 0 amide bonds. The van der Waals surface area contributed by atoms with Crippen LogP contribution in [0.4, 0.5) is 0 Å². The first-order valence-corrected chi connectivity index (χ1v) is 4.15. The van der Waals surface area contributed by atoms with Gasteiger partial charge in [-0.05, 0) is 25.0 Å². The van der Waals surface area contributed by atoms with E-state index in [1.165, 1.54) is 11.3 Å². The second-order valence-electron chi connectivity index (χ2n) is 2.22. The van der Waals surface area contributed by atoms with Crippen molar-refractivity contribution in [3.63, 3.8) is 0 Å². The van der Waals surface area contributed by atoms with Gasteiger partial charge in [0.25, 0.3) is 0 Å². The Bertz CT molecular complexity index is 233. The first kappa shape index (κ1) is 7.73. The number of hydrogen-bond donors (Lipinski definition) is 0. The molecular formula is C8H10BrN. The summed E-state index contributed by atoms with van der Waals surface area (Å²) in [6, 6.07) is 1.97. The van der Waals surface area contributed by atoms with Crippen molar-refractivity contribution in [3.05, 3.63) is 28.0 Å². The molecule has 2 heteroatoms. The van der Waals surface area contributed by atoms with Crippen molar-refractivity contribution in [2.24, 2.45) is 0 Å². The lowest BCUT2D eigenvalue weighted by molar-refractivity contribution is 1.00. The number of nitrogens with zero attached hydrogens (tertiary/aromatic N) is 1. The Morgan fingerprint density at radius 3 is 2.80 bits per heavy atom. The summed E-state index contributed by atoms with van der Waals surface area (Å²) in [6.45, 7) is 4.19. The standard InChI is InChI=1S/C8H10BrN/c1-3-8-6(2)7(9)4-5-10-8/h4-5H,3H2,1-2H3. The van der Waals surface area contributed by atoms with Crippen molar-refractivity contribution >= 4 is 15.9 Å². The van der Waals surface area contributed by atoms with Gasteiger partial charge < -0.3 is 0 Å². The van der Waals surface area contributed by atoms with Crippen LogP contribution in [-0.4, -0.2) is 4.98 Å². The van der Waals surface area contributed by atoms with E-state index >= 15 is 0 Å². The maximum absolute atomic E-state index is 4.23. The van der Waals surface area contributed by atoms with Crippen LogP contribution in [0.15, 0.2) is 16.7 Å². The molecule has 0 aliphatic carbocycles. The van der Waals surface area contributed by atoms with Crippen LogP contribution in [0, 0.1) is 6.92 Å². The molecule has 1 nitrogen and oxygen atoms in total. The van der Waals surface area contributed by atoms with Gasteiger partial charge in [0.2, 0.25) is 0 Å². The van der Waals surface area contributed by atoms with Gasteiger partial charge in [0.05, 0.1) is 0 Å². The number of aryl methyl sites for hydroxylation is 1. The highest BCUT2D eigenvalue weighted by molar-refractivity contribution is 9.10. The van der Waals surface area contributed by atoms with Gasteiger partial charge >= 0.3 is 0 Å². The van der Waals surface area contributed by atoms with E-state index in [-0.39, 0.29) is 0 Å². The maximum Gasteiger partial charge on any atom is 0.0441 e. The Labute approximate surface area is 69.6 Å². The summed E-state index contributed by atoms with van der Waals surface area (Å²) < 4.78 is 1.15. The molecule has 0 aliphatic rings. The van der Waals surface area contributed by atoms with Crippen molar-refractivity contribution < 1.29 is 0 Å². The Kier molecular flexibility index (Phi) is 2.44. The predicted molar refractivity (Wildman–Crippen MR) is 46.1 cm³/mol. The monoisotopic (exact) mass is 199 g/mol. The fraction of sp³-hybridized carbons (Fsp3) is 0.375. The Morgan fingerprint density at radius 2 is 2.30 bits per heavy atom. The molecule has 0 saturated heterocycles. The zero-order valence-corrected chi connectivity index (χ0v) is 7.77. The normalized spacial score (nSPS) is 9.90. The summed E-state index contributed by atoms with van der Waals surface area (Å²) >= 11 is 3.45. The zero-order chi connectivity index (χ0) is 7.56. The van der Waals surface area contributed by atoms with E-state index in [0.29, 0.717) is 0 Å². The number of aromatic nitrogens is 1. The Balaban J connectivity index is 3.14. The molecular weight excluding hydrogens is 190 g/mol. The van der Waals surface area contributed by atoms with E-state index in [9.17, 15) is 0 Å². The minimum Gasteiger partial charge on any atom is -0.261 e. The average Bonchev–Trinajstić information content (AvgIpc) is 1.95. The van der Waals surface area contributed by atoms with Crippen LogP contribution in [0.3, 0.4) is 0 Å². The van der Waals surface area contributed by atoms with E-state index in [1.807, 2.05) is 12.3 Å². The molecule has 0 radical (unpaired) electrons. The first-order valence-electron chi connectivity index (χ1n) is 3.35. The van der Waals surface area contributed by atoms with Crippen LogP contribution >= 0.6 is 15.9 Å². The second kappa shape index (κ2) is 3.15. The highest BCUT2D eigenvalue weighted by Crippen LogP contribution is 2.17. The number of halogens is 1. The van der Waals surface area contributed by atoms with E-state index in [2.05, 4.69) is 34.8 Å². The molecule has 10 heavy (non-hydrogen) atoms. The van der Waals surface area contributed by atoms with Crippen molar-refractivity contribution in [2.45, 2.75) is 20.3 Å². The SMILES string of the molecule is CCc1nccc(Br)c1C. The summed E-state index contributed by atoms with van der Waals surface area (Å²) in [5.41, 5.74) is 2.43. The maximum atomic E-state index is 4.23. The summed E-state index contributed by atoms with van der Waals surface area (Å²) in [7, 11) is 0. The minimum absolute atomic E-state index is 1.01. The molecule has 1 aromatic rings. The van der Waals surface area contributed by atoms with Gasteiger partial charge in [-0.25, -0.2) is 0 Å². The smallest absolute Gasteiger partial charge is 0.0441 e. The van der Waals surface area contributed by atoms with Gasteiger partial charge in [-0.1, -0.05) is 22.9 Å². The third-order valence-electron chi connectivity index (χ3n) is 1.58. The molecule has 0 atom stereocenters. The predicted octanol–water partition coefficient (Wildman–Crippen LogP) is 2.71. The van der Waals surface area contributed by atoms with E-state index in [1.54, 1.807) is 0 Å². The van der Waals surface area contributed by atoms with Gasteiger partial charge in [-0.2, -0.15) is 0 Å². The molecule has 1 aromatic heterocycles. The van der Waals surface area contributed by atoms with Crippen molar-refractivity contribution in [3.8, 4) is 0 Å². The highest BCUT2D eigenvalue weighted by atomic mass is 79.9. The van der Waals surface area contributed by atoms with Crippen molar-refractivity contribution in [1.29, 1.82) is 0 Å². The van der Waals surface area contributed by atoms with Crippen molar-refractivity contribution in [1.82, 2.24) is 4.98 Å². The summed E-state index contributed by atoms with van der Waals surface area (Å²) in [4.78, 5) is 4.23. The molecule has 1 heterocycles. The van der Waals surface area contributed by atoms with Gasteiger partial charge in [0.15, 0.2) is 0 Å². The summed E-state index contributed by atoms with van der Waals surface area (Å²) in [5, 5.41) is 0. The second-order valence-corrected chi connectivity index (χ2v) is 3.07. The molecule has 0 bridgehead atoms. The van der Waals surface area contributed by atoms with Crippen LogP contribution in [-0.2, 0) is 6.42 Å². The summed E-state index contributed by atoms with van der Waals surface area (Å²) in [5.74, 6) is 0. The van der Waals surface area contributed by atoms with Gasteiger partial charge in [-0.3, -0.25) is 4.98 Å². The topological polar surface area (TPSA) is 12.9 Å². The number of hydrogen-bond acceptors (Lipinski definition) is 1. The third kappa shape index (κ3) is 1.37. The molecule has 0 spiro atoms. The Hall–Kier alpha value is -0.370. The van der Waals surface area contributed by atoms with Crippen LogP contribution in [0.1, 0.15) is 18.2 Å². The third-order valence-corrected chi connectivity index (χ3v) is 2.44. The number of rotatable bonds is 1. The lowest BCUT2D eigenvalue weighted by Crippen LogP contribution is -1.90. The molecule has 0 aromatic carbocycles. The zero-order valence-electron chi connectivity index (χ0n) is 6.19. The molecule has 0 saturated carbocycles. The van der Waals surface area contributed by atoms with E-state index in [0.717, 1.165) is 10.9 Å². The number of pyridine rings is 1. The van der Waals surface area contributed by atoms with E-state index < -0.39 is 0 Å². The summed E-state index contributed by atoms with van der Waals surface area (Å²) in [6.07, 6.45) is 2.83. The molecule has 54 valence electrons. The molecule has 1 rings (SSSR count). The fourth-order valence-electron chi connectivity index (χ4n) is 0.909. The van der Waals surface area contributed by atoms with Crippen LogP contribution in [0.25, 0.3) is 0 Å². The van der Waals surface area contributed by atoms with Gasteiger partial charge in [0.1, 0.15) is 0 Å². The molecule has 0 N–H and O–H groups in total. The lowest BCUT2D eigenvalue weighted by atomic mass is 10.2. The molecule has 0 aliphatic heterocycles. The van der Waals surface area contributed by atoms with Crippen LogP contribution < -0.4 is 0 Å². The van der Waals surface area contributed by atoms with Crippen LogP contribution in [0.5, 0.6) is 0 Å². The van der Waals surface area contributed by atoms with Gasteiger partial charge in [0, 0.05) is 16.4 Å². The molecule has 0 unspecified atom stereocenters. The first-order chi connectivity index (χ1) is 4.75.